The van der Waals surface area contributed by atoms with Crippen molar-refractivity contribution < 1.29 is 18.4 Å². The predicted octanol–water partition coefficient (Wildman–Crippen LogP) is 2.77. The van der Waals surface area contributed by atoms with Crippen LogP contribution in [-0.2, 0) is 15.6 Å². The number of fused-ring (bicyclic) bond motifs is 2. The second kappa shape index (κ2) is 8.03. The van der Waals surface area contributed by atoms with Gasteiger partial charge in [0.1, 0.15) is 24.8 Å². The third-order valence-electron chi connectivity index (χ3n) is 5.99. The van der Waals surface area contributed by atoms with E-state index in [-0.39, 0.29) is 10.6 Å². The molecule has 1 atom stereocenters. The van der Waals surface area contributed by atoms with Gasteiger partial charge in [-0.25, -0.2) is 0 Å². The summed E-state index contributed by atoms with van der Waals surface area (Å²) in [7, 11) is -0.850. The number of hydrogen-bond donors (Lipinski definition) is 1. The van der Waals surface area contributed by atoms with Crippen LogP contribution >= 0.6 is 0 Å². The molecule has 160 valence electrons. The Labute approximate surface area is 182 Å². The van der Waals surface area contributed by atoms with Crippen LogP contribution in [-0.4, -0.2) is 57.5 Å². The number of rotatable bonds is 5. The van der Waals surface area contributed by atoms with E-state index in [1.54, 1.807) is 0 Å². The van der Waals surface area contributed by atoms with Crippen molar-refractivity contribution in [3.8, 4) is 5.75 Å². The quantitative estimate of drug-likeness (QED) is 0.490. The van der Waals surface area contributed by atoms with Gasteiger partial charge in [0.2, 0.25) is 5.91 Å². The number of carbonyl (C=O) groups excluding carboxylic acids is 1. The molecular formula is C23H23N3O4S. The Morgan fingerprint density at radius 1 is 1.13 bits per heavy atom. The molecule has 0 radical (unpaired) electrons. The monoisotopic (exact) mass is 437 g/mol. The molecule has 3 heterocycles. The van der Waals surface area contributed by atoms with E-state index < -0.39 is 16.7 Å². The van der Waals surface area contributed by atoms with Gasteiger partial charge in [0.05, 0.1) is 35.8 Å². The first-order chi connectivity index (χ1) is 15.0. The molecule has 1 amide bonds. The van der Waals surface area contributed by atoms with Crippen molar-refractivity contribution in [2.24, 2.45) is 0 Å². The number of carbonyl (C=O) groups is 1. The van der Waals surface area contributed by atoms with Gasteiger partial charge in [0, 0.05) is 21.9 Å². The van der Waals surface area contributed by atoms with Crippen molar-refractivity contribution in [2.45, 2.75) is 5.92 Å². The molecule has 1 fully saturated rings. The number of nitrogens with zero attached hydrogens (tertiary/aromatic N) is 2. The van der Waals surface area contributed by atoms with Gasteiger partial charge in [-0.05, 0) is 35.9 Å². The van der Waals surface area contributed by atoms with Crippen LogP contribution in [0.4, 0.5) is 5.69 Å². The maximum absolute atomic E-state index is 12.6. The Hall–Kier alpha value is -2.81. The first-order valence-corrected chi connectivity index (χ1v) is 11.8. The lowest BCUT2D eigenvalue weighted by molar-refractivity contribution is -0.877. The maximum atomic E-state index is 12.6. The minimum absolute atomic E-state index is 0.0655. The Balaban J connectivity index is 1.29. The number of aromatic nitrogens is 1. The van der Waals surface area contributed by atoms with Crippen molar-refractivity contribution in [1.82, 2.24) is 4.98 Å². The summed E-state index contributed by atoms with van der Waals surface area (Å²) < 4.78 is 16.9. The minimum atomic E-state index is -0.850. The summed E-state index contributed by atoms with van der Waals surface area (Å²) in [5, 5.41) is 16.5. The smallest absolute Gasteiger partial charge is 0.238 e. The molecule has 3 aromatic rings. The van der Waals surface area contributed by atoms with Gasteiger partial charge in [-0.1, -0.05) is 24.3 Å². The number of hydrogen-bond acceptors (Lipinski definition) is 5. The van der Waals surface area contributed by atoms with Crippen LogP contribution in [0.25, 0.3) is 10.9 Å². The van der Waals surface area contributed by atoms with Crippen molar-refractivity contribution in [2.75, 3.05) is 43.1 Å². The van der Waals surface area contributed by atoms with Crippen molar-refractivity contribution in [3.63, 3.8) is 0 Å². The molecule has 0 bridgehead atoms. The highest BCUT2D eigenvalue weighted by molar-refractivity contribution is 7.85. The number of hydroxylamine groups is 3. The molecule has 0 spiro atoms. The third kappa shape index (κ3) is 4.06. The summed E-state index contributed by atoms with van der Waals surface area (Å²) >= 11 is 0. The molecule has 1 unspecified atom stereocenters. The summed E-state index contributed by atoms with van der Waals surface area (Å²) in [5.41, 5.74) is 3.27. The second-order valence-corrected chi connectivity index (χ2v) is 9.72. The van der Waals surface area contributed by atoms with Gasteiger partial charge < -0.3 is 19.9 Å². The molecule has 0 saturated carbocycles. The zero-order valence-corrected chi connectivity index (χ0v) is 17.8. The Kier molecular flexibility index (Phi) is 5.21. The van der Waals surface area contributed by atoms with Crippen LogP contribution in [0, 0.1) is 5.21 Å². The summed E-state index contributed by atoms with van der Waals surface area (Å²) in [6.45, 7) is 1.44. The lowest BCUT2D eigenvalue weighted by Crippen LogP contribution is -2.53. The summed E-state index contributed by atoms with van der Waals surface area (Å²) in [6.07, 6.45) is 0. The van der Waals surface area contributed by atoms with E-state index in [9.17, 15) is 14.2 Å². The highest BCUT2D eigenvalue weighted by Crippen LogP contribution is 2.36. The zero-order valence-electron chi connectivity index (χ0n) is 17.0. The van der Waals surface area contributed by atoms with Gasteiger partial charge in [-0.3, -0.25) is 14.0 Å². The second-order valence-electron chi connectivity index (χ2n) is 8.03. The van der Waals surface area contributed by atoms with Gasteiger partial charge in [-0.15, -0.1) is 0 Å². The maximum Gasteiger partial charge on any atom is 0.238 e. The fourth-order valence-corrected chi connectivity index (χ4v) is 5.45. The number of nitrogens with one attached hydrogen (secondary N) is 1. The van der Waals surface area contributed by atoms with E-state index in [1.165, 1.54) is 0 Å². The Morgan fingerprint density at radius 3 is 2.77 bits per heavy atom. The lowest BCUT2D eigenvalue weighted by Gasteiger charge is -2.44. The van der Waals surface area contributed by atoms with Gasteiger partial charge in [-0.2, -0.15) is 0 Å². The van der Waals surface area contributed by atoms with E-state index in [4.69, 9.17) is 9.72 Å². The number of ether oxygens (including phenoxy) is 1. The molecule has 5 rings (SSSR count). The summed E-state index contributed by atoms with van der Waals surface area (Å²) in [6, 6.07) is 17.1. The van der Waals surface area contributed by atoms with E-state index in [0.717, 1.165) is 22.2 Å². The average molecular weight is 438 g/mol. The zero-order chi connectivity index (χ0) is 21.4. The fraction of sp³-hybridized carbons (Fsp3) is 0.304. The van der Waals surface area contributed by atoms with Crippen LogP contribution in [0.3, 0.4) is 0 Å². The van der Waals surface area contributed by atoms with E-state index in [1.807, 2.05) is 54.6 Å². The lowest BCUT2D eigenvalue weighted by atomic mass is 9.96. The summed E-state index contributed by atoms with van der Waals surface area (Å²) in [5.74, 6) is 1.14. The number of quaternary nitrogens is 1. The molecule has 31 heavy (non-hydrogen) atoms. The van der Waals surface area contributed by atoms with Crippen LogP contribution in [0.2, 0.25) is 0 Å². The molecule has 7 nitrogen and oxygen atoms in total. The topological polar surface area (TPSA) is 91.4 Å². The predicted molar refractivity (Wildman–Crippen MR) is 120 cm³/mol. The third-order valence-corrected chi connectivity index (χ3v) is 7.27. The van der Waals surface area contributed by atoms with Crippen molar-refractivity contribution in [1.29, 1.82) is 0 Å². The van der Waals surface area contributed by atoms with Gasteiger partial charge in [0.15, 0.2) is 0 Å². The number of anilines is 1. The van der Waals surface area contributed by atoms with E-state index in [0.29, 0.717) is 49.2 Å². The van der Waals surface area contributed by atoms with E-state index in [2.05, 4.69) is 5.32 Å². The Morgan fingerprint density at radius 2 is 1.94 bits per heavy atom. The van der Waals surface area contributed by atoms with Crippen LogP contribution < -0.4 is 10.1 Å². The molecule has 2 aliphatic heterocycles. The highest BCUT2D eigenvalue weighted by Gasteiger charge is 2.32. The molecule has 8 heteroatoms. The molecule has 1 N–H and O–H groups in total. The van der Waals surface area contributed by atoms with Crippen LogP contribution in [0.1, 0.15) is 17.2 Å². The number of para-hydroxylation sites is 1. The van der Waals surface area contributed by atoms with Crippen molar-refractivity contribution >= 4 is 33.3 Å². The molecule has 1 aromatic heterocycles. The highest BCUT2D eigenvalue weighted by atomic mass is 32.2. The normalized spacial score (nSPS) is 25.3. The molecule has 1 saturated heterocycles. The van der Waals surface area contributed by atoms with Crippen molar-refractivity contribution in [3.05, 3.63) is 71.1 Å². The van der Waals surface area contributed by atoms with Crippen LogP contribution in [0.5, 0.6) is 5.75 Å². The number of pyridine rings is 1. The van der Waals surface area contributed by atoms with Gasteiger partial charge >= 0.3 is 0 Å². The first kappa shape index (κ1) is 20.1. The molecule has 2 aliphatic rings. The molecule has 0 aliphatic carbocycles. The van der Waals surface area contributed by atoms with E-state index >= 15 is 0 Å². The summed E-state index contributed by atoms with van der Waals surface area (Å²) in [4.78, 5) is 17.2. The number of benzene rings is 2. The average Bonchev–Trinajstić information content (AvgIpc) is 3.11. The van der Waals surface area contributed by atoms with Crippen LogP contribution in [0.15, 0.2) is 54.6 Å². The largest absolute Gasteiger partial charge is 0.633 e. The first-order valence-electron chi connectivity index (χ1n) is 10.4. The Bertz CT molecular complexity index is 1170. The standard InChI is InChI=1S/C23H23N3O4S/c27-23-22(18-3-1-2-4-20(18)25-23)21-7-5-16-15-17(6-8-19(16)24-21)30-12-9-26(28)10-13-31(29)14-11-26/h1-8,15,22H,9-14H2,(H,25,27). The minimum Gasteiger partial charge on any atom is -0.633 e. The SMILES string of the molecule is O=C1Nc2ccccc2C1c1ccc2cc(OCC[N+]3([O-])CCS(=O)CC3)ccc2n1. The van der Waals surface area contributed by atoms with Gasteiger partial charge in [0.25, 0.3) is 0 Å². The molecular weight excluding hydrogens is 414 g/mol. The fourth-order valence-electron chi connectivity index (χ4n) is 4.18. The molecule has 2 aromatic carbocycles. The number of amides is 1.